The number of rotatable bonds is 11. The largest absolute Gasteiger partial charge is 0.425 e. The van der Waals surface area contributed by atoms with Gasteiger partial charge in [-0.1, -0.05) is 0 Å². The minimum absolute atomic E-state index is 0.0263. The van der Waals surface area contributed by atoms with Gasteiger partial charge in [0.1, 0.15) is 0 Å². The van der Waals surface area contributed by atoms with Gasteiger partial charge < -0.3 is 14.0 Å². The SMILES string of the molecule is CC(CC(OC(=O)C(C)(C)C)OC(=O)C(C)(C)C)OP(=O)(CCCl)NCCCl. The Morgan fingerprint density at radius 3 is 1.79 bits per heavy atom. The third-order valence-electron chi connectivity index (χ3n) is 3.40. The van der Waals surface area contributed by atoms with E-state index in [4.69, 9.17) is 37.2 Å². The molecule has 0 aromatic carbocycles. The van der Waals surface area contributed by atoms with Crippen LogP contribution in [0.3, 0.4) is 0 Å². The highest BCUT2D eigenvalue weighted by molar-refractivity contribution is 7.57. The van der Waals surface area contributed by atoms with Crippen LogP contribution in [0.15, 0.2) is 0 Å². The maximum Gasteiger partial charge on any atom is 0.314 e. The van der Waals surface area contributed by atoms with E-state index in [1.165, 1.54) is 0 Å². The minimum Gasteiger partial charge on any atom is -0.425 e. The highest BCUT2D eigenvalue weighted by Gasteiger charge is 2.34. The molecular formula is C18H34Cl2NO6P. The lowest BCUT2D eigenvalue weighted by Gasteiger charge is -2.29. The first kappa shape index (κ1) is 27.7. The second-order valence-electron chi connectivity index (χ2n) is 8.58. The molecule has 7 nitrogen and oxygen atoms in total. The van der Waals surface area contributed by atoms with Gasteiger partial charge in [0.15, 0.2) is 0 Å². The zero-order valence-electron chi connectivity index (χ0n) is 17.8. The average Bonchev–Trinajstić information content (AvgIpc) is 2.50. The van der Waals surface area contributed by atoms with E-state index in [0.29, 0.717) is 6.54 Å². The van der Waals surface area contributed by atoms with Gasteiger partial charge in [-0.3, -0.25) is 14.2 Å². The molecule has 0 aromatic heterocycles. The van der Waals surface area contributed by atoms with Crippen LogP contribution in [0.5, 0.6) is 0 Å². The van der Waals surface area contributed by atoms with Crippen molar-refractivity contribution in [3.05, 3.63) is 0 Å². The van der Waals surface area contributed by atoms with E-state index in [-0.39, 0.29) is 24.3 Å². The summed E-state index contributed by atoms with van der Waals surface area (Å²) in [5, 5.41) is 2.78. The molecule has 0 radical (unpaired) electrons. The highest BCUT2D eigenvalue weighted by Crippen LogP contribution is 2.44. The van der Waals surface area contributed by atoms with Crippen LogP contribution in [0.25, 0.3) is 0 Å². The number of alkyl halides is 2. The Labute approximate surface area is 178 Å². The summed E-state index contributed by atoms with van der Waals surface area (Å²) in [5.41, 5.74) is -1.54. The van der Waals surface area contributed by atoms with Crippen LogP contribution in [-0.4, -0.2) is 48.8 Å². The number of carbonyl (C=O) groups excluding carboxylic acids is 2. The third kappa shape index (κ3) is 11.0. The molecule has 0 fully saturated rings. The maximum absolute atomic E-state index is 12.8. The van der Waals surface area contributed by atoms with Crippen LogP contribution >= 0.6 is 30.7 Å². The van der Waals surface area contributed by atoms with Gasteiger partial charge in [-0.25, -0.2) is 5.09 Å². The molecule has 0 spiro atoms. The molecule has 10 heteroatoms. The van der Waals surface area contributed by atoms with E-state index >= 15 is 0 Å². The zero-order valence-corrected chi connectivity index (χ0v) is 20.2. The molecule has 0 saturated heterocycles. The first-order valence-corrected chi connectivity index (χ1v) is 12.1. The summed E-state index contributed by atoms with van der Waals surface area (Å²) >= 11 is 11.4. The Balaban J connectivity index is 5.25. The van der Waals surface area contributed by atoms with Crippen molar-refractivity contribution in [2.75, 3.05) is 24.5 Å². The van der Waals surface area contributed by atoms with Crippen LogP contribution < -0.4 is 5.09 Å². The van der Waals surface area contributed by atoms with E-state index in [1.807, 2.05) is 0 Å². The summed E-state index contributed by atoms with van der Waals surface area (Å²) in [4.78, 5) is 24.5. The fourth-order valence-electron chi connectivity index (χ4n) is 1.81. The van der Waals surface area contributed by atoms with Gasteiger partial charge in [-0.15, -0.1) is 23.2 Å². The van der Waals surface area contributed by atoms with Crippen LogP contribution in [0.4, 0.5) is 0 Å². The van der Waals surface area contributed by atoms with E-state index in [2.05, 4.69) is 5.09 Å². The number of halogens is 2. The zero-order chi connectivity index (χ0) is 22.2. The molecule has 0 bridgehead atoms. The standard InChI is InChI=1S/C18H34Cl2NO6P/c1-13(27-28(24,11-9-20)21-10-8-19)12-14(25-15(22)17(2,3)4)26-16(23)18(5,6)7/h13-14H,8-12H2,1-7H3,(H,21,24). The third-order valence-corrected chi connectivity index (χ3v) is 6.26. The Hall–Kier alpha value is -0.330. The molecule has 0 aliphatic carbocycles. The predicted molar refractivity (Wildman–Crippen MR) is 112 cm³/mol. The van der Waals surface area contributed by atoms with Gasteiger partial charge in [0.25, 0.3) is 7.52 Å². The number of nitrogens with one attached hydrogen (secondary N) is 1. The predicted octanol–water partition coefficient (Wildman–Crippen LogP) is 4.55. The van der Waals surface area contributed by atoms with Crippen LogP contribution in [-0.2, 0) is 28.2 Å². The Bertz CT molecular complexity index is 531. The summed E-state index contributed by atoms with van der Waals surface area (Å²) < 4.78 is 29.3. The van der Waals surface area contributed by atoms with Gasteiger partial charge in [0.2, 0.25) is 6.29 Å². The monoisotopic (exact) mass is 461 g/mol. The van der Waals surface area contributed by atoms with Crippen molar-refractivity contribution in [1.82, 2.24) is 5.09 Å². The van der Waals surface area contributed by atoms with E-state index in [9.17, 15) is 14.2 Å². The minimum atomic E-state index is -3.23. The molecule has 1 N–H and O–H groups in total. The van der Waals surface area contributed by atoms with E-state index in [0.717, 1.165) is 0 Å². The first-order valence-electron chi connectivity index (χ1n) is 9.21. The van der Waals surface area contributed by atoms with Crippen molar-refractivity contribution in [3.8, 4) is 0 Å². The first-order chi connectivity index (χ1) is 12.6. The molecule has 0 aromatic rings. The van der Waals surface area contributed by atoms with Gasteiger partial charge >= 0.3 is 11.9 Å². The molecule has 2 atom stereocenters. The summed E-state index contributed by atoms with van der Waals surface area (Å²) in [6.07, 6.45) is -1.66. The van der Waals surface area contributed by atoms with Crippen molar-refractivity contribution in [1.29, 1.82) is 0 Å². The fraction of sp³-hybridized carbons (Fsp3) is 0.889. The van der Waals surface area contributed by atoms with E-state index < -0.39 is 42.7 Å². The Morgan fingerprint density at radius 1 is 0.964 bits per heavy atom. The molecule has 0 aliphatic heterocycles. The summed E-state index contributed by atoms with van der Waals surface area (Å²) in [5.74, 6) is -0.633. The average molecular weight is 462 g/mol. The lowest BCUT2D eigenvalue weighted by atomic mass is 9.97. The van der Waals surface area contributed by atoms with E-state index in [1.54, 1.807) is 48.5 Å². The number of ether oxygens (including phenoxy) is 2. The molecule has 0 rings (SSSR count). The lowest BCUT2D eigenvalue weighted by molar-refractivity contribution is -0.202. The molecule has 0 amide bonds. The van der Waals surface area contributed by atoms with Crippen LogP contribution in [0, 0.1) is 10.8 Å². The topological polar surface area (TPSA) is 90.9 Å². The fourth-order valence-corrected chi connectivity index (χ4v) is 4.38. The lowest BCUT2D eigenvalue weighted by Crippen LogP contribution is -2.36. The summed E-state index contributed by atoms with van der Waals surface area (Å²) in [6.45, 7) is 12.1. The van der Waals surface area contributed by atoms with Gasteiger partial charge in [-0.05, 0) is 48.5 Å². The molecule has 0 aliphatic rings. The van der Waals surface area contributed by atoms with Gasteiger partial charge in [0.05, 0.1) is 23.1 Å². The second kappa shape index (κ2) is 11.8. The summed E-state index contributed by atoms with van der Waals surface area (Å²) in [6, 6.07) is 0. The smallest absolute Gasteiger partial charge is 0.314 e. The Morgan fingerprint density at radius 2 is 1.43 bits per heavy atom. The molecule has 0 saturated carbocycles. The van der Waals surface area contributed by atoms with Gasteiger partial charge in [-0.2, -0.15) is 0 Å². The normalized spacial score (nSPS) is 15.8. The highest BCUT2D eigenvalue weighted by atomic mass is 35.5. The van der Waals surface area contributed by atoms with Gasteiger partial charge in [0, 0.05) is 24.7 Å². The molecule has 2 unspecified atom stereocenters. The molecular weight excluding hydrogens is 428 g/mol. The maximum atomic E-state index is 12.8. The molecule has 28 heavy (non-hydrogen) atoms. The number of hydrogen-bond donors (Lipinski definition) is 1. The van der Waals surface area contributed by atoms with Crippen molar-refractivity contribution >= 4 is 42.7 Å². The van der Waals surface area contributed by atoms with Crippen molar-refractivity contribution in [2.24, 2.45) is 10.8 Å². The van der Waals surface area contributed by atoms with Crippen molar-refractivity contribution in [2.45, 2.75) is 67.3 Å². The Kier molecular flexibility index (Phi) is 11.6. The van der Waals surface area contributed by atoms with Crippen LogP contribution in [0.1, 0.15) is 54.9 Å². The summed E-state index contributed by atoms with van der Waals surface area (Å²) in [7, 11) is -3.23. The quantitative estimate of drug-likeness (QED) is 0.209. The van der Waals surface area contributed by atoms with Crippen molar-refractivity contribution < 1.29 is 28.2 Å². The molecule has 0 heterocycles. The number of esters is 2. The van der Waals surface area contributed by atoms with Crippen molar-refractivity contribution in [3.63, 3.8) is 0 Å². The molecule has 166 valence electrons. The van der Waals surface area contributed by atoms with Crippen LogP contribution in [0.2, 0.25) is 0 Å². The number of hydrogen-bond acceptors (Lipinski definition) is 6. The second-order valence-corrected chi connectivity index (χ2v) is 11.7. The number of carbonyl (C=O) groups is 2.